The molecule has 5 nitrogen and oxygen atoms in total. The van der Waals surface area contributed by atoms with Crippen molar-refractivity contribution in [3.05, 3.63) is 51.9 Å². The number of ether oxygens (including phenoxy) is 1. The van der Waals surface area contributed by atoms with Crippen molar-refractivity contribution in [2.45, 2.75) is 63.7 Å². The first kappa shape index (κ1) is 21.6. The van der Waals surface area contributed by atoms with Crippen molar-refractivity contribution in [1.29, 1.82) is 5.26 Å². The second kappa shape index (κ2) is 9.23. The molecule has 31 heavy (non-hydrogen) atoms. The number of nitriles is 1. The van der Waals surface area contributed by atoms with Crippen LogP contribution in [-0.4, -0.2) is 18.5 Å². The lowest BCUT2D eigenvalue weighted by Gasteiger charge is -2.31. The van der Waals surface area contributed by atoms with Crippen molar-refractivity contribution >= 4 is 28.2 Å². The minimum absolute atomic E-state index is 0.00143. The first-order chi connectivity index (χ1) is 15.1. The van der Waals surface area contributed by atoms with Gasteiger partial charge in [0.05, 0.1) is 23.7 Å². The van der Waals surface area contributed by atoms with Crippen LogP contribution in [0.15, 0.2) is 30.3 Å². The second-order valence-electron chi connectivity index (χ2n) is 8.49. The van der Waals surface area contributed by atoms with Gasteiger partial charge < -0.3 is 10.1 Å². The molecule has 2 aliphatic carbocycles. The topological polar surface area (TPSA) is 79.2 Å². The normalized spacial score (nSPS) is 21.0. The van der Waals surface area contributed by atoms with Crippen LogP contribution in [-0.2, 0) is 27.8 Å². The number of nitrogens with zero attached hydrogens (tertiary/aromatic N) is 1. The maximum absolute atomic E-state index is 12.9. The largest absolute Gasteiger partial charge is 0.462 e. The maximum Gasteiger partial charge on any atom is 0.341 e. The summed E-state index contributed by atoms with van der Waals surface area (Å²) in [6.45, 7) is 2.07. The summed E-state index contributed by atoms with van der Waals surface area (Å²) in [6, 6.07) is 12.4. The predicted molar refractivity (Wildman–Crippen MR) is 121 cm³/mol. The Balaban J connectivity index is 1.68. The van der Waals surface area contributed by atoms with E-state index in [0.29, 0.717) is 29.8 Å². The van der Waals surface area contributed by atoms with Gasteiger partial charge in [0, 0.05) is 17.2 Å². The van der Waals surface area contributed by atoms with Crippen molar-refractivity contribution in [3.8, 4) is 6.07 Å². The van der Waals surface area contributed by atoms with Gasteiger partial charge in [-0.3, -0.25) is 4.79 Å². The summed E-state index contributed by atoms with van der Waals surface area (Å²) in [7, 11) is 0. The van der Waals surface area contributed by atoms with Gasteiger partial charge in [-0.15, -0.1) is 11.3 Å². The predicted octanol–water partition coefficient (Wildman–Crippen LogP) is 5.39. The van der Waals surface area contributed by atoms with Gasteiger partial charge in [0.25, 0.3) is 0 Å². The molecule has 0 radical (unpaired) electrons. The molecule has 1 aromatic carbocycles. The summed E-state index contributed by atoms with van der Waals surface area (Å²) in [5.41, 5.74) is 1.81. The highest BCUT2D eigenvalue weighted by atomic mass is 32.1. The third-order valence-electron chi connectivity index (χ3n) is 6.59. The molecule has 0 aliphatic heterocycles. The van der Waals surface area contributed by atoms with Crippen LogP contribution in [0.4, 0.5) is 5.00 Å². The fourth-order valence-electron chi connectivity index (χ4n) is 4.87. The van der Waals surface area contributed by atoms with E-state index in [1.807, 2.05) is 30.3 Å². The Morgan fingerprint density at radius 1 is 1.23 bits per heavy atom. The minimum atomic E-state index is -0.615. The monoisotopic (exact) mass is 436 g/mol. The summed E-state index contributed by atoms with van der Waals surface area (Å²) in [4.78, 5) is 26.7. The number of hydrogen-bond donors (Lipinski definition) is 1. The van der Waals surface area contributed by atoms with Crippen LogP contribution in [0.5, 0.6) is 0 Å². The van der Waals surface area contributed by atoms with Gasteiger partial charge in [0.15, 0.2) is 0 Å². The van der Waals surface area contributed by atoms with Crippen LogP contribution in [0.3, 0.4) is 0 Å². The third-order valence-corrected chi connectivity index (χ3v) is 7.73. The van der Waals surface area contributed by atoms with E-state index in [-0.39, 0.29) is 24.4 Å². The zero-order chi connectivity index (χ0) is 21.8. The van der Waals surface area contributed by atoms with E-state index in [4.69, 9.17) is 4.74 Å². The van der Waals surface area contributed by atoms with Crippen molar-refractivity contribution < 1.29 is 14.3 Å². The lowest BCUT2D eigenvalue weighted by Crippen LogP contribution is -2.31. The van der Waals surface area contributed by atoms with Crippen molar-refractivity contribution in [2.75, 3.05) is 11.9 Å². The number of rotatable bonds is 5. The average molecular weight is 437 g/mol. The van der Waals surface area contributed by atoms with Gasteiger partial charge in [-0.05, 0) is 43.7 Å². The number of amides is 1. The zero-order valence-electron chi connectivity index (χ0n) is 17.9. The van der Waals surface area contributed by atoms with Crippen LogP contribution in [0.2, 0.25) is 0 Å². The van der Waals surface area contributed by atoms with Crippen LogP contribution in [0.25, 0.3) is 0 Å². The van der Waals surface area contributed by atoms with Crippen molar-refractivity contribution in [3.63, 3.8) is 0 Å². The second-order valence-corrected chi connectivity index (χ2v) is 9.59. The Morgan fingerprint density at radius 3 is 2.65 bits per heavy atom. The molecule has 1 fully saturated rings. The lowest BCUT2D eigenvalue weighted by molar-refractivity contribution is -0.120. The number of nitrogens with one attached hydrogen (secondary N) is 1. The van der Waals surface area contributed by atoms with Gasteiger partial charge in [-0.1, -0.05) is 49.6 Å². The molecule has 2 aliphatic rings. The SMILES string of the molecule is CCOC(=O)c1c(NC(=O)C2CCCCC2)sc2c1CC[C@@](C#N)(c1ccccc1)C2. The van der Waals surface area contributed by atoms with Gasteiger partial charge in [-0.2, -0.15) is 5.26 Å². The first-order valence-corrected chi connectivity index (χ1v) is 12.0. The molecule has 1 aromatic heterocycles. The minimum Gasteiger partial charge on any atom is -0.462 e. The molecule has 1 saturated carbocycles. The maximum atomic E-state index is 12.9. The van der Waals surface area contributed by atoms with Gasteiger partial charge in [0.2, 0.25) is 5.91 Å². The Hall–Kier alpha value is -2.65. The molecule has 0 bridgehead atoms. The molecule has 2 aromatic rings. The number of benzene rings is 1. The Morgan fingerprint density at radius 2 is 1.97 bits per heavy atom. The van der Waals surface area contributed by atoms with E-state index in [9.17, 15) is 14.9 Å². The number of esters is 1. The molecule has 1 atom stereocenters. The van der Waals surface area contributed by atoms with Crippen molar-refractivity contribution in [1.82, 2.24) is 0 Å². The molecule has 0 unspecified atom stereocenters. The standard InChI is InChI=1S/C25H28N2O3S/c1-2-30-24(29)21-19-13-14-25(16-26,18-11-7-4-8-12-18)15-20(19)31-23(21)27-22(28)17-9-5-3-6-10-17/h4,7-8,11-12,17H,2-3,5-6,9-10,13-15H2,1H3,(H,27,28)/t25-/m1/s1. The van der Waals surface area contributed by atoms with E-state index in [2.05, 4.69) is 11.4 Å². The van der Waals surface area contributed by atoms with Crippen LogP contribution < -0.4 is 5.32 Å². The number of carbonyl (C=O) groups is 2. The van der Waals surface area contributed by atoms with E-state index >= 15 is 0 Å². The molecule has 1 amide bonds. The Labute approximate surface area is 187 Å². The van der Waals surface area contributed by atoms with Crippen LogP contribution in [0.1, 0.15) is 71.8 Å². The van der Waals surface area contributed by atoms with Gasteiger partial charge in [0.1, 0.15) is 5.00 Å². The molecule has 1 heterocycles. The summed E-state index contributed by atoms with van der Waals surface area (Å²) < 4.78 is 5.33. The van der Waals surface area contributed by atoms with Gasteiger partial charge >= 0.3 is 5.97 Å². The van der Waals surface area contributed by atoms with E-state index in [1.54, 1.807) is 6.92 Å². The third kappa shape index (κ3) is 4.24. The zero-order valence-corrected chi connectivity index (χ0v) is 18.7. The highest BCUT2D eigenvalue weighted by Crippen LogP contribution is 2.45. The fraction of sp³-hybridized carbons (Fsp3) is 0.480. The highest BCUT2D eigenvalue weighted by molar-refractivity contribution is 7.17. The van der Waals surface area contributed by atoms with Crippen LogP contribution >= 0.6 is 11.3 Å². The molecule has 0 saturated heterocycles. The van der Waals surface area contributed by atoms with Crippen molar-refractivity contribution in [2.24, 2.45) is 5.92 Å². The first-order valence-electron chi connectivity index (χ1n) is 11.2. The number of carbonyl (C=O) groups excluding carboxylic acids is 2. The summed E-state index contributed by atoms with van der Waals surface area (Å²) in [5, 5.41) is 13.7. The molecule has 6 heteroatoms. The summed E-state index contributed by atoms with van der Waals surface area (Å²) in [5.74, 6) is -0.382. The number of thiophene rings is 1. The van der Waals surface area contributed by atoms with Gasteiger partial charge in [-0.25, -0.2) is 4.79 Å². The van der Waals surface area contributed by atoms with Crippen LogP contribution in [0, 0.1) is 17.2 Å². The quantitative estimate of drug-likeness (QED) is 0.637. The molecular formula is C25H28N2O3S. The highest BCUT2D eigenvalue weighted by Gasteiger charge is 2.40. The molecule has 1 N–H and O–H groups in total. The Kier molecular flexibility index (Phi) is 6.43. The number of fused-ring (bicyclic) bond motifs is 1. The molecule has 4 rings (SSSR count). The smallest absolute Gasteiger partial charge is 0.341 e. The van der Waals surface area contributed by atoms with E-state index < -0.39 is 5.41 Å². The summed E-state index contributed by atoms with van der Waals surface area (Å²) >= 11 is 1.44. The lowest BCUT2D eigenvalue weighted by atomic mass is 9.70. The molecule has 162 valence electrons. The van der Waals surface area contributed by atoms with E-state index in [1.165, 1.54) is 17.8 Å². The fourth-order valence-corrected chi connectivity index (χ4v) is 6.22. The number of anilines is 1. The Bertz CT molecular complexity index is 1000. The molecule has 0 spiro atoms. The number of hydrogen-bond acceptors (Lipinski definition) is 5. The summed E-state index contributed by atoms with van der Waals surface area (Å²) in [6.07, 6.45) is 6.92. The molecular weight excluding hydrogens is 408 g/mol. The van der Waals surface area contributed by atoms with E-state index in [0.717, 1.165) is 41.7 Å². The average Bonchev–Trinajstić information content (AvgIpc) is 3.16.